The highest BCUT2D eigenvalue weighted by atomic mass is 16.7. The lowest BCUT2D eigenvalue weighted by molar-refractivity contribution is -0.305. The number of unbranched alkanes of at least 4 members (excludes halogenated alkanes) is 10. The van der Waals surface area contributed by atoms with Crippen LogP contribution in [0, 0.1) is 0 Å². The van der Waals surface area contributed by atoms with Crippen molar-refractivity contribution in [2.75, 3.05) is 26.4 Å². The van der Waals surface area contributed by atoms with Crippen LogP contribution in [0.5, 0.6) is 0 Å². The van der Waals surface area contributed by atoms with Gasteiger partial charge in [0.05, 0.1) is 19.8 Å². The molecule has 49 heavy (non-hydrogen) atoms. The van der Waals surface area contributed by atoms with Crippen molar-refractivity contribution in [1.29, 1.82) is 0 Å². The van der Waals surface area contributed by atoms with Crippen molar-refractivity contribution in [3.05, 3.63) is 60.8 Å². The number of aliphatic hydroxyl groups is 4. The van der Waals surface area contributed by atoms with E-state index in [0.717, 1.165) is 44.9 Å². The highest BCUT2D eigenvalue weighted by Crippen LogP contribution is 2.22. The average Bonchev–Trinajstić information content (AvgIpc) is 3.11. The van der Waals surface area contributed by atoms with Gasteiger partial charge in [0.15, 0.2) is 6.29 Å². The first-order valence-electron chi connectivity index (χ1n) is 18.9. The molecule has 0 saturated carbocycles. The Bertz CT molecular complexity index is 927. The van der Waals surface area contributed by atoms with E-state index in [0.29, 0.717) is 6.61 Å². The number of rotatable bonds is 30. The molecule has 0 aromatic carbocycles. The van der Waals surface area contributed by atoms with Gasteiger partial charge >= 0.3 is 5.97 Å². The number of hydrogen-bond donors (Lipinski definition) is 4. The van der Waals surface area contributed by atoms with E-state index < -0.39 is 49.4 Å². The Morgan fingerprint density at radius 1 is 0.653 bits per heavy atom. The van der Waals surface area contributed by atoms with Crippen LogP contribution in [0.15, 0.2) is 60.8 Å². The fourth-order valence-electron chi connectivity index (χ4n) is 5.26. The number of carbonyl (C=O) groups excluding carboxylic acids is 1. The van der Waals surface area contributed by atoms with Crippen LogP contribution < -0.4 is 0 Å². The van der Waals surface area contributed by atoms with Gasteiger partial charge in [-0.1, -0.05) is 126 Å². The van der Waals surface area contributed by atoms with Gasteiger partial charge in [0.1, 0.15) is 30.5 Å². The average molecular weight is 693 g/mol. The Morgan fingerprint density at radius 2 is 1.16 bits per heavy atom. The molecule has 6 unspecified atom stereocenters. The van der Waals surface area contributed by atoms with Crippen molar-refractivity contribution in [3.63, 3.8) is 0 Å². The second-order valence-electron chi connectivity index (χ2n) is 12.6. The fourth-order valence-corrected chi connectivity index (χ4v) is 5.26. The second kappa shape index (κ2) is 31.8. The van der Waals surface area contributed by atoms with E-state index in [1.54, 1.807) is 6.92 Å². The third-order valence-corrected chi connectivity index (χ3v) is 8.25. The van der Waals surface area contributed by atoms with Crippen LogP contribution in [-0.4, -0.2) is 89.6 Å². The first kappa shape index (κ1) is 44.9. The molecule has 1 aliphatic heterocycles. The Balaban J connectivity index is 1.99. The van der Waals surface area contributed by atoms with Crippen LogP contribution in [-0.2, 0) is 23.7 Å². The number of ether oxygens (including phenoxy) is 4. The molecule has 6 atom stereocenters. The molecule has 0 aliphatic carbocycles. The minimum Gasteiger partial charge on any atom is -0.457 e. The highest BCUT2D eigenvalue weighted by molar-refractivity contribution is 5.69. The highest BCUT2D eigenvalue weighted by Gasteiger charge is 2.44. The second-order valence-corrected chi connectivity index (χ2v) is 12.6. The summed E-state index contributed by atoms with van der Waals surface area (Å²) >= 11 is 0. The molecule has 9 heteroatoms. The maximum Gasteiger partial charge on any atom is 0.305 e. The predicted molar refractivity (Wildman–Crippen MR) is 196 cm³/mol. The molecule has 4 N–H and O–H groups in total. The summed E-state index contributed by atoms with van der Waals surface area (Å²) in [7, 11) is 0. The minimum atomic E-state index is -1.53. The third kappa shape index (κ3) is 23.8. The first-order valence-corrected chi connectivity index (χ1v) is 18.9. The van der Waals surface area contributed by atoms with E-state index >= 15 is 0 Å². The molecule has 9 nitrogen and oxygen atoms in total. The standard InChI is InChI=1S/C40H68O9/c1-3-5-6-7-8-9-10-11-12-13-14-15-16-17-18-19-20-21-22-23-24-25-26-27-28-29-30-46-32-34(48-36(42)4-2)33-47-40-39(45)38(44)37(43)35(31-41)49-40/h5-6,8-9,11-12,14-15,17-18,34-35,37-41,43-45H,3-4,7,10,13,16,19-33H2,1-2H3/b6-5-,9-8-,12-11-,15-14-,18-17-. The lowest BCUT2D eigenvalue weighted by atomic mass is 9.99. The monoisotopic (exact) mass is 692 g/mol. The van der Waals surface area contributed by atoms with Crippen LogP contribution in [0.3, 0.4) is 0 Å². The molecule has 0 aromatic heterocycles. The Hall–Kier alpha value is -2.11. The molecule has 0 aromatic rings. The van der Waals surface area contributed by atoms with Gasteiger partial charge in [0.2, 0.25) is 0 Å². The molecule has 1 saturated heterocycles. The van der Waals surface area contributed by atoms with Gasteiger partial charge in [-0.2, -0.15) is 0 Å². The molecular formula is C40H68O9. The fraction of sp³-hybridized carbons (Fsp3) is 0.725. The van der Waals surface area contributed by atoms with Crippen molar-refractivity contribution in [3.8, 4) is 0 Å². The molecule has 1 rings (SSSR count). The predicted octanol–water partition coefficient (Wildman–Crippen LogP) is 7.18. The topological polar surface area (TPSA) is 135 Å². The van der Waals surface area contributed by atoms with Crippen molar-refractivity contribution >= 4 is 5.97 Å². The van der Waals surface area contributed by atoms with Crippen molar-refractivity contribution < 1.29 is 44.2 Å². The molecule has 1 fully saturated rings. The molecule has 0 amide bonds. The molecule has 0 bridgehead atoms. The van der Waals surface area contributed by atoms with Crippen LogP contribution in [0.1, 0.15) is 123 Å². The van der Waals surface area contributed by atoms with E-state index in [2.05, 4.69) is 67.7 Å². The van der Waals surface area contributed by atoms with Gasteiger partial charge < -0.3 is 39.4 Å². The number of hydrogen-bond acceptors (Lipinski definition) is 9. The van der Waals surface area contributed by atoms with E-state index in [1.807, 2.05) is 0 Å². The van der Waals surface area contributed by atoms with Crippen molar-refractivity contribution in [2.45, 2.75) is 160 Å². The molecule has 0 spiro atoms. The summed E-state index contributed by atoms with van der Waals surface area (Å²) in [4.78, 5) is 11.9. The summed E-state index contributed by atoms with van der Waals surface area (Å²) in [5, 5.41) is 39.4. The summed E-state index contributed by atoms with van der Waals surface area (Å²) in [6.45, 7) is 3.84. The van der Waals surface area contributed by atoms with Crippen molar-refractivity contribution in [2.24, 2.45) is 0 Å². The maximum absolute atomic E-state index is 11.9. The minimum absolute atomic E-state index is 0.127. The maximum atomic E-state index is 11.9. The van der Waals surface area contributed by atoms with E-state index in [4.69, 9.17) is 18.9 Å². The van der Waals surface area contributed by atoms with Gasteiger partial charge in [-0.15, -0.1) is 0 Å². The van der Waals surface area contributed by atoms with Gasteiger partial charge in [-0.25, -0.2) is 0 Å². The van der Waals surface area contributed by atoms with E-state index in [9.17, 15) is 25.2 Å². The zero-order valence-electron chi connectivity index (χ0n) is 30.4. The largest absolute Gasteiger partial charge is 0.457 e. The zero-order valence-corrected chi connectivity index (χ0v) is 30.4. The lowest BCUT2D eigenvalue weighted by Gasteiger charge is -2.39. The van der Waals surface area contributed by atoms with Crippen molar-refractivity contribution in [1.82, 2.24) is 0 Å². The SMILES string of the molecule is CC/C=C\C/C=C\C/C=C\C/C=C\C/C=C\CCCCCCCCCCCCOCC(COC1OC(CO)C(O)C(O)C1O)OC(=O)CC. The van der Waals surface area contributed by atoms with Crippen LogP contribution in [0.25, 0.3) is 0 Å². The Labute approximate surface area is 296 Å². The Kier molecular flexibility index (Phi) is 29.2. The Morgan fingerprint density at radius 3 is 1.69 bits per heavy atom. The molecule has 0 radical (unpaired) electrons. The summed E-state index contributed by atoms with van der Waals surface area (Å²) in [5.74, 6) is -0.406. The smallest absolute Gasteiger partial charge is 0.305 e. The lowest BCUT2D eigenvalue weighted by Crippen LogP contribution is -2.59. The van der Waals surface area contributed by atoms with Gasteiger partial charge in [-0.05, 0) is 51.4 Å². The van der Waals surface area contributed by atoms with Gasteiger partial charge in [-0.3, -0.25) is 4.79 Å². The third-order valence-electron chi connectivity index (χ3n) is 8.25. The van der Waals surface area contributed by atoms with Gasteiger partial charge in [0.25, 0.3) is 0 Å². The molecule has 1 aliphatic rings. The quantitative estimate of drug-likeness (QED) is 0.0351. The molecular weight excluding hydrogens is 624 g/mol. The first-order chi connectivity index (χ1) is 23.9. The van der Waals surface area contributed by atoms with E-state index in [-0.39, 0.29) is 19.6 Å². The van der Waals surface area contributed by atoms with E-state index in [1.165, 1.54) is 57.8 Å². The summed E-state index contributed by atoms with van der Waals surface area (Å²) in [5.41, 5.74) is 0. The summed E-state index contributed by atoms with van der Waals surface area (Å²) in [6, 6.07) is 0. The summed E-state index contributed by atoms with van der Waals surface area (Å²) in [6.07, 6.45) is 33.5. The van der Waals surface area contributed by atoms with Crippen LogP contribution in [0.2, 0.25) is 0 Å². The number of esters is 1. The molecule has 1 heterocycles. The molecule has 282 valence electrons. The number of carbonyl (C=O) groups is 1. The number of aliphatic hydroxyl groups excluding tert-OH is 4. The van der Waals surface area contributed by atoms with Crippen LogP contribution in [0.4, 0.5) is 0 Å². The number of allylic oxidation sites excluding steroid dienone is 10. The summed E-state index contributed by atoms with van der Waals surface area (Å²) < 4.78 is 22.0. The van der Waals surface area contributed by atoms with Crippen LogP contribution >= 0.6 is 0 Å². The van der Waals surface area contributed by atoms with Gasteiger partial charge in [0, 0.05) is 13.0 Å². The normalized spacial score (nSPS) is 22.4. The zero-order chi connectivity index (χ0) is 35.8.